The number of aromatic nitrogens is 1. The third kappa shape index (κ3) is 2.37. The van der Waals surface area contributed by atoms with Gasteiger partial charge in [-0.1, -0.05) is 6.92 Å². The Bertz CT molecular complexity index is 233. The van der Waals surface area contributed by atoms with Gasteiger partial charge >= 0.3 is 0 Å². The zero-order valence-electron chi connectivity index (χ0n) is 6.32. The molecule has 11 heavy (non-hydrogen) atoms. The van der Waals surface area contributed by atoms with E-state index in [2.05, 4.69) is 10.3 Å². The second-order valence-electron chi connectivity index (χ2n) is 2.07. The van der Waals surface area contributed by atoms with E-state index in [0.29, 0.717) is 12.1 Å². The molecule has 0 N–H and O–H groups in total. The normalized spacial score (nSPS) is 9.18. The third-order valence-electron chi connectivity index (χ3n) is 1.20. The number of hydrogen-bond acceptors (Lipinski definition) is 2. The summed E-state index contributed by atoms with van der Waals surface area (Å²) in [4.78, 5) is 14.6. The van der Waals surface area contributed by atoms with Crippen LogP contribution in [0.2, 0.25) is 0 Å². The molecular weight excluding hydrogens is 140 g/mol. The van der Waals surface area contributed by atoms with Crippen LogP contribution in [0.4, 0.5) is 5.69 Å². The fourth-order valence-corrected chi connectivity index (χ4v) is 0.643. The lowest BCUT2D eigenvalue weighted by molar-refractivity contribution is -0.119. The highest BCUT2D eigenvalue weighted by atomic mass is 16.1. The van der Waals surface area contributed by atoms with Crippen LogP contribution in [0, 0.1) is 0 Å². The van der Waals surface area contributed by atoms with Gasteiger partial charge in [-0.05, 0) is 12.1 Å². The van der Waals surface area contributed by atoms with Crippen molar-refractivity contribution in [2.45, 2.75) is 13.3 Å². The molecule has 1 heterocycles. The Kier molecular flexibility index (Phi) is 2.60. The quantitative estimate of drug-likeness (QED) is 0.635. The van der Waals surface area contributed by atoms with Crippen LogP contribution in [0.1, 0.15) is 13.3 Å². The molecule has 0 fully saturated rings. The Balaban J connectivity index is 2.58. The molecule has 1 rings (SSSR count). The molecule has 1 radical (unpaired) electrons. The summed E-state index contributed by atoms with van der Waals surface area (Å²) in [5.41, 5.74) is 0.624. The van der Waals surface area contributed by atoms with E-state index in [0.717, 1.165) is 0 Å². The highest BCUT2D eigenvalue weighted by molar-refractivity contribution is 5.79. The number of amides is 1. The van der Waals surface area contributed by atoms with E-state index in [1.54, 1.807) is 31.5 Å². The maximum absolute atomic E-state index is 10.8. The van der Waals surface area contributed by atoms with Crippen molar-refractivity contribution in [3.05, 3.63) is 24.5 Å². The fraction of sp³-hybridized carbons (Fsp3) is 0.250. The number of carbonyl (C=O) groups excluding carboxylic acids is 1. The van der Waals surface area contributed by atoms with Gasteiger partial charge < -0.3 is 0 Å². The summed E-state index contributed by atoms with van der Waals surface area (Å²) in [5.74, 6) is -0.113. The van der Waals surface area contributed by atoms with Crippen molar-refractivity contribution >= 4 is 11.6 Å². The Hall–Kier alpha value is -1.38. The van der Waals surface area contributed by atoms with Gasteiger partial charge in [0.15, 0.2) is 0 Å². The van der Waals surface area contributed by atoms with Crippen LogP contribution in [0.15, 0.2) is 24.5 Å². The molecule has 0 aliphatic heterocycles. The number of rotatable bonds is 2. The lowest BCUT2D eigenvalue weighted by Gasteiger charge is -1.96. The van der Waals surface area contributed by atoms with Gasteiger partial charge in [-0.3, -0.25) is 9.78 Å². The van der Waals surface area contributed by atoms with E-state index >= 15 is 0 Å². The van der Waals surface area contributed by atoms with Crippen LogP contribution in [0.5, 0.6) is 0 Å². The zero-order chi connectivity index (χ0) is 8.10. The third-order valence-corrected chi connectivity index (χ3v) is 1.20. The molecule has 0 aliphatic rings. The first kappa shape index (κ1) is 7.72. The van der Waals surface area contributed by atoms with Crippen LogP contribution < -0.4 is 5.32 Å². The van der Waals surface area contributed by atoms with Gasteiger partial charge in [-0.15, -0.1) is 0 Å². The topological polar surface area (TPSA) is 44.1 Å². The molecule has 3 nitrogen and oxygen atoms in total. The minimum Gasteiger partial charge on any atom is -0.273 e. The molecule has 3 heteroatoms. The van der Waals surface area contributed by atoms with Gasteiger partial charge in [0.2, 0.25) is 5.91 Å². The van der Waals surface area contributed by atoms with Crippen LogP contribution >= 0.6 is 0 Å². The second kappa shape index (κ2) is 3.71. The molecular formula is C8H9N2O. The van der Waals surface area contributed by atoms with Gasteiger partial charge in [0, 0.05) is 12.6 Å². The van der Waals surface area contributed by atoms with Crippen LogP contribution in [0.25, 0.3) is 0 Å². The maximum Gasteiger partial charge on any atom is 0.245 e. The Labute approximate surface area is 65.5 Å². The summed E-state index contributed by atoms with van der Waals surface area (Å²) in [6.45, 7) is 1.78. The molecule has 1 aromatic heterocycles. The van der Waals surface area contributed by atoms with E-state index in [9.17, 15) is 4.79 Å². The zero-order valence-corrected chi connectivity index (χ0v) is 6.32. The highest BCUT2D eigenvalue weighted by Crippen LogP contribution is 2.02. The first-order chi connectivity index (χ1) is 5.33. The number of carbonyl (C=O) groups is 1. The van der Waals surface area contributed by atoms with Crippen molar-refractivity contribution in [1.82, 2.24) is 10.3 Å². The van der Waals surface area contributed by atoms with E-state index in [-0.39, 0.29) is 5.91 Å². The molecule has 0 bridgehead atoms. The van der Waals surface area contributed by atoms with E-state index in [4.69, 9.17) is 0 Å². The monoisotopic (exact) mass is 149 g/mol. The summed E-state index contributed by atoms with van der Waals surface area (Å²) >= 11 is 0. The largest absolute Gasteiger partial charge is 0.273 e. The summed E-state index contributed by atoms with van der Waals surface area (Å²) in [7, 11) is 0. The predicted molar refractivity (Wildman–Crippen MR) is 41.3 cm³/mol. The molecule has 0 unspecified atom stereocenters. The number of pyridine rings is 1. The minimum absolute atomic E-state index is 0.113. The average molecular weight is 149 g/mol. The summed E-state index contributed by atoms with van der Waals surface area (Å²) in [5, 5.41) is 3.78. The number of hydrogen-bond donors (Lipinski definition) is 0. The average Bonchev–Trinajstić information content (AvgIpc) is 2.06. The predicted octanol–water partition coefficient (Wildman–Crippen LogP) is 1.25. The summed E-state index contributed by atoms with van der Waals surface area (Å²) in [6, 6.07) is 3.50. The summed E-state index contributed by atoms with van der Waals surface area (Å²) < 4.78 is 0. The fourth-order valence-electron chi connectivity index (χ4n) is 0.643. The highest BCUT2D eigenvalue weighted by Gasteiger charge is 1.99. The minimum atomic E-state index is -0.113. The van der Waals surface area contributed by atoms with E-state index < -0.39 is 0 Å². The SMILES string of the molecule is CCC(=O)[N]c1cccnc1. The maximum atomic E-state index is 10.8. The van der Waals surface area contributed by atoms with E-state index in [1.165, 1.54) is 0 Å². The first-order valence-corrected chi connectivity index (χ1v) is 3.47. The van der Waals surface area contributed by atoms with Crippen molar-refractivity contribution in [1.29, 1.82) is 0 Å². The van der Waals surface area contributed by atoms with Crippen molar-refractivity contribution < 1.29 is 4.79 Å². The van der Waals surface area contributed by atoms with Crippen molar-refractivity contribution in [2.24, 2.45) is 0 Å². The Morgan fingerprint density at radius 1 is 1.73 bits per heavy atom. The van der Waals surface area contributed by atoms with E-state index in [1.807, 2.05) is 0 Å². The molecule has 0 saturated carbocycles. The molecule has 0 aliphatic carbocycles. The second-order valence-corrected chi connectivity index (χ2v) is 2.07. The van der Waals surface area contributed by atoms with Gasteiger partial charge in [0.05, 0.1) is 11.9 Å². The van der Waals surface area contributed by atoms with Gasteiger partial charge in [-0.2, -0.15) is 0 Å². The van der Waals surface area contributed by atoms with Crippen LogP contribution in [-0.4, -0.2) is 10.9 Å². The van der Waals surface area contributed by atoms with Crippen LogP contribution in [-0.2, 0) is 4.79 Å². The molecule has 0 spiro atoms. The van der Waals surface area contributed by atoms with Crippen molar-refractivity contribution in [3.8, 4) is 0 Å². The lowest BCUT2D eigenvalue weighted by Crippen LogP contribution is -2.07. The summed E-state index contributed by atoms with van der Waals surface area (Å²) in [6.07, 6.45) is 3.65. The Morgan fingerprint density at radius 2 is 2.55 bits per heavy atom. The first-order valence-electron chi connectivity index (χ1n) is 3.47. The van der Waals surface area contributed by atoms with Gasteiger partial charge in [0.25, 0.3) is 0 Å². The molecule has 0 atom stereocenters. The van der Waals surface area contributed by atoms with Crippen molar-refractivity contribution in [3.63, 3.8) is 0 Å². The van der Waals surface area contributed by atoms with Crippen molar-refractivity contribution in [2.75, 3.05) is 0 Å². The lowest BCUT2D eigenvalue weighted by atomic mass is 10.4. The molecule has 1 aromatic rings. The molecule has 1 amide bonds. The number of nitrogens with zero attached hydrogens (tertiary/aromatic N) is 2. The molecule has 57 valence electrons. The van der Waals surface area contributed by atoms with Crippen LogP contribution in [0.3, 0.4) is 0 Å². The Morgan fingerprint density at radius 3 is 3.09 bits per heavy atom. The molecule has 0 saturated heterocycles. The van der Waals surface area contributed by atoms with Gasteiger partial charge in [-0.25, -0.2) is 5.32 Å². The molecule has 0 aromatic carbocycles. The van der Waals surface area contributed by atoms with Gasteiger partial charge in [0.1, 0.15) is 0 Å². The standard InChI is InChI=1S/C8H9N2O/c1-2-8(11)10-7-4-3-5-9-6-7/h3-6H,2H2,1H3. The smallest absolute Gasteiger partial charge is 0.245 e.